The lowest BCUT2D eigenvalue weighted by Gasteiger charge is -1.90. The van der Waals surface area contributed by atoms with Crippen LogP contribution in [0, 0.1) is 0 Å². The van der Waals surface area contributed by atoms with Gasteiger partial charge in [0.2, 0.25) is 7.98 Å². The van der Waals surface area contributed by atoms with E-state index in [1.807, 2.05) is 0 Å². The molecular weight excluding hydrogens is 66.8 g/mol. The number of hydrogen-bond acceptors (Lipinski definition) is 3. The van der Waals surface area contributed by atoms with Crippen molar-refractivity contribution in [3.63, 3.8) is 0 Å². The minimum absolute atomic E-state index is 1.68. The SMILES string of the molecule is BNONC. The van der Waals surface area contributed by atoms with Crippen molar-refractivity contribution in [2.75, 3.05) is 7.05 Å². The molecule has 0 atom stereocenters. The van der Waals surface area contributed by atoms with Gasteiger partial charge in [-0.25, -0.2) is 10.3 Å². The molecule has 0 bridgehead atoms. The van der Waals surface area contributed by atoms with Crippen molar-refractivity contribution in [2.45, 2.75) is 0 Å². The highest BCUT2D eigenvalue weighted by Gasteiger charge is 1.58. The van der Waals surface area contributed by atoms with Crippen molar-refractivity contribution in [1.82, 2.24) is 10.9 Å². The van der Waals surface area contributed by atoms with Gasteiger partial charge in [0.15, 0.2) is 0 Å². The Morgan fingerprint density at radius 1 is 1.80 bits per heavy atom. The van der Waals surface area contributed by atoms with Crippen molar-refractivity contribution in [3.05, 3.63) is 0 Å². The van der Waals surface area contributed by atoms with E-state index in [-0.39, 0.29) is 0 Å². The smallest absolute Gasteiger partial charge is 0.219 e. The van der Waals surface area contributed by atoms with E-state index in [1.165, 1.54) is 0 Å². The summed E-state index contributed by atoms with van der Waals surface area (Å²) in [6.45, 7) is 0. The van der Waals surface area contributed by atoms with Crippen molar-refractivity contribution in [1.29, 1.82) is 0 Å². The summed E-state index contributed by atoms with van der Waals surface area (Å²) in [6, 6.07) is 0. The molecule has 0 spiro atoms. The zero-order valence-corrected chi connectivity index (χ0v) is 3.41. The third-order valence-electron chi connectivity index (χ3n) is 0.204. The van der Waals surface area contributed by atoms with Gasteiger partial charge in [0.25, 0.3) is 0 Å². The molecule has 0 saturated carbocycles. The van der Waals surface area contributed by atoms with Gasteiger partial charge in [0.05, 0.1) is 0 Å². The lowest BCUT2D eigenvalue weighted by molar-refractivity contribution is 0.0206. The highest BCUT2D eigenvalue weighted by molar-refractivity contribution is 6.03. The molecule has 0 amide bonds. The predicted molar refractivity (Wildman–Crippen MR) is 21.8 cm³/mol. The highest BCUT2D eigenvalue weighted by Crippen LogP contribution is 1.34. The third-order valence-corrected chi connectivity index (χ3v) is 0.204. The molecule has 0 aliphatic rings. The molecule has 0 rings (SSSR count). The van der Waals surface area contributed by atoms with Gasteiger partial charge in [0.1, 0.15) is 0 Å². The van der Waals surface area contributed by atoms with Gasteiger partial charge >= 0.3 is 0 Å². The normalized spacial score (nSPS) is 8.20. The van der Waals surface area contributed by atoms with Crippen LogP contribution in [0.25, 0.3) is 0 Å². The van der Waals surface area contributed by atoms with E-state index in [1.54, 1.807) is 15.0 Å². The van der Waals surface area contributed by atoms with Crippen LogP contribution < -0.4 is 10.9 Å². The topological polar surface area (TPSA) is 33.3 Å². The van der Waals surface area contributed by atoms with Crippen LogP contribution in [0.3, 0.4) is 0 Å². The molecule has 0 aliphatic heterocycles. The second-order valence-corrected chi connectivity index (χ2v) is 0.510. The van der Waals surface area contributed by atoms with Crippen molar-refractivity contribution >= 4 is 7.98 Å². The second kappa shape index (κ2) is 3.94. The third kappa shape index (κ3) is 3.94. The van der Waals surface area contributed by atoms with E-state index < -0.39 is 0 Å². The maximum atomic E-state index is 4.33. The van der Waals surface area contributed by atoms with Crippen LogP contribution >= 0.6 is 0 Å². The molecule has 0 aromatic rings. The molecule has 30 valence electrons. The average Bonchev–Trinajstić information content (AvgIpc) is 1.41. The summed E-state index contributed by atoms with van der Waals surface area (Å²) in [5, 5.41) is 2.41. The first kappa shape index (κ1) is 4.94. The maximum absolute atomic E-state index is 4.33. The fourth-order valence-corrected chi connectivity index (χ4v) is 0.102. The summed E-state index contributed by atoms with van der Waals surface area (Å²) in [4.78, 5) is 4.33. The minimum atomic E-state index is 1.68. The Hall–Kier alpha value is -0.0551. The second-order valence-electron chi connectivity index (χ2n) is 0.510. The molecule has 3 nitrogen and oxygen atoms in total. The summed E-state index contributed by atoms with van der Waals surface area (Å²) >= 11 is 0. The Bertz CT molecular complexity index is 17.1. The van der Waals surface area contributed by atoms with Crippen LogP contribution in [-0.2, 0) is 4.94 Å². The lowest BCUT2D eigenvalue weighted by atomic mass is 10.5. The molecule has 0 aliphatic carbocycles. The standard InChI is InChI=1S/CH7BN2O/c1-3-5-4-2/h3-4H,2H2,1H3. The van der Waals surface area contributed by atoms with Crippen LogP contribution in [0.1, 0.15) is 0 Å². The molecule has 0 aromatic carbocycles. The van der Waals surface area contributed by atoms with E-state index in [0.717, 1.165) is 0 Å². The van der Waals surface area contributed by atoms with Crippen LogP contribution in [0.5, 0.6) is 0 Å². The van der Waals surface area contributed by atoms with Gasteiger partial charge in [-0.3, -0.25) is 0 Å². The molecule has 0 aromatic heterocycles. The highest BCUT2D eigenvalue weighted by atomic mass is 16.8. The van der Waals surface area contributed by atoms with E-state index in [2.05, 4.69) is 15.8 Å². The Labute approximate surface area is 32.0 Å². The first-order valence-electron chi connectivity index (χ1n) is 1.41. The molecule has 0 radical (unpaired) electrons. The van der Waals surface area contributed by atoms with Crippen LogP contribution in [0.2, 0.25) is 0 Å². The number of hydrogen-bond donors (Lipinski definition) is 2. The zero-order valence-electron chi connectivity index (χ0n) is 3.41. The summed E-state index contributed by atoms with van der Waals surface area (Å²) in [5.74, 6) is 0. The van der Waals surface area contributed by atoms with Crippen molar-refractivity contribution in [3.8, 4) is 0 Å². The largest absolute Gasteiger partial charge is 0.233 e. The van der Waals surface area contributed by atoms with E-state index in [4.69, 9.17) is 0 Å². The predicted octanol–water partition coefficient (Wildman–Crippen LogP) is -1.81. The Balaban J connectivity index is 2.19. The number of nitrogens with one attached hydrogen (secondary N) is 2. The quantitative estimate of drug-likeness (QED) is 0.299. The molecule has 5 heavy (non-hydrogen) atoms. The molecule has 0 unspecified atom stereocenters. The van der Waals surface area contributed by atoms with Gasteiger partial charge in [-0.1, -0.05) is 0 Å². The summed E-state index contributed by atoms with van der Waals surface area (Å²) < 4.78 is 0. The Morgan fingerprint density at radius 3 is 2.40 bits per heavy atom. The van der Waals surface area contributed by atoms with Crippen molar-refractivity contribution in [2.24, 2.45) is 0 Å². The fraction of sp³-hybridized carbons (Fsp3) is 1.00. The number of hydroxylamine groups is 1. The lowest BCUT2D eigenvalue weighted by Crippen LogP contribution is -2.18. The van der Waals surface area contributed by atoms with Gasteiger partial charge < -0.3 is 0 Å². The van der Waals surface area contributed by atoms with Gasteiger partial charge in [-0.15, -0.1) is 0 Å². The monoisotopic (exact) mass is 74.1 g/mol. The van der Waals surface area contributed by atoms with Crippen LogP contribution in [-0.4, -0.2) is 15.0 Å². The molecule has 2 N–H and O–H groups in total. The fourth-order valence-electron chi connectivity index (χ4n) is 0.102. The first-order chi connectivity index (χ1) is 2.41. The molecule has 0 heterocycles. The molecule has 0 fully saturated rings. The maximum Gasteiger partial charge on any atom is 0.219 e. The molecule has 0 saturated heterocycles. The Kier molecular flexibility index (Phi) is 3.90. The van der Waals surface area contributed by atoms with Crippen LogP contribution in [0.4, 0.5) is 0 Å². The van der Waals surface area contributed by atoms with E-state index >= 15 is 0 Å². The van der Waals surface area contributed by atoms with Gasteiger partial charge in [-0.2, -0.15) is 5.48 Å². The summed E-state index contributed by atoms with van der Waals surface area (Å²) in [7, 11) is 3.35. The first-order valence-corrected chi connectivity index (χ1v) is 1.41. The Morgan fingerprint density at radius 2 is 2.40 bits per heavy atom. The zero-order chi connectivity index (χ0) is 4.12. The van der Waals surface area contributed by atoms with Gasteiger partial charge in [0, 0.05) is 7.05 Å². The van der Waals surface area contributed by atoms with Gasteiger partial charge in [-0.05, 0) is 0 Å². The summed E-state index contributed by atoms with van der Waals surface area (Å²) in [6.07, 6.45) is 0. The molecular formula is CH7BN2O. The summed E-state index contributed by atoms with van der Waals surface area (Å²) in [5.41, 5.74) is 2.41. The molecule has 4 heteroatoms. The average molecular weight is 73.9 g/mol. The van der Waals surface area contributed by atoms with E-state index in [9.17, 15) is 0 Å². The van der Waals surface area contributed by atoms with E-state index in [0.29, 0.717) is 0 Å². The minimum Gasteiger partial charge on any atom is -0.233 e. The van der Waals surface area contributed by atoms with Crippen LogP contribution in [0.15, 0.2) is 0 Å². The van der Waals surface area contributed by atoms with Crippen molar-refractivity contribution < 1.29 is 4.94 Å². The number of rotatable bonds is 2.